The SMILES string of the molecule is COc1cc(C)cc(C(O)CCN)c1Cl. The molecule has 1 aromatic carbocycles. The third-order valence-corrected chi connectivity index (χ3v) is 2.64. The van der Waals surface area contributed by atoms with Crippen LogP contribution in [0.4, 0.5) is 0 Å². The lowest BCUT2D eigenvalue weighted by atomic mass is 10.0. The Morgan fingerprint density at radius 3 is 2.73 bits per heavy atom. The van der Waals surface area contributed by atoms with Crippen molar-refractivity contribution < 1.29 is 9.84 Å². The summed E-state index contributed by atoms with van der Waals surface area (Å²) >= 11 is 6.09. The van der Waals surface area contributed by atoms with Crippen molar-refractivity contribution in [3.63, 3.8) is 0 Å². The highest BCUT2D eigenvalue weighted by Gasteiger charge is 2.15. The molecule has 0 aliphatic rings. The lowest BCUT2D eigenvalue weighted by Crippen LogP contribution is -2.07. The molecular formula is C11H16ClNO2. The molecule has 0 spiro atoms. The van der Waals surface area contributed by atoms with Crippen molar-refractivity contribution in [3.8, 4) is 5.75 Å². The summed E-state index contributed by atoms with van der Waals surface area (Å²) in [6, 6.07) is 3.69. The minimum absolute atomic E-state index is 0.424. The fourth-order valence-electron chi connectivity index (χ4n) is 1.47. The molecule has 0 aliphatic carbocycles. The van der Waals surface area contributed by atoms with E-state index in [1.54, 1.807) is 7.11 Å². The van der Waals surface area contributed by atoms with Crippen LogP contribution >= 0.6 is 11.6 Å². The Balaban J connectivity index is 3.11. The molecule has 0 aliphatic heterocycles. The summed E-state index contributed by atoms with van der Waals surface area (Å²) in [7, 11) is 1.56. The molecule has 1 unspecified atom stereocenters. The van der Waals surface area contributed by atoms with Crippen molar-refractivity contribution in [1.29, 1.82) is 0 Å². The van der Waals surface area contributed by atoms with Gasteiger partial charge in [-0.25, -0.2) is 0 Å². The van der Waals surface area contributed by atoms with Gasteiger partial charge >= 0.3 is 0 Å². The summed E-state index contributed by atoms with van der Waals surface area (Å²) < 4.78 is 5.12. The molecule has 0 heterocycles. The maximum atomic E-state index is 9.83. The molecule has 15 heavy (non-hydrogen) atoms. The normalized spacial score (nSPS) is 12.6. The molecule has 0 aromatic heterocycles. The van der Waals surface area contributed by atoms with Gasteiger partial charge in [-0.2, -0.15) is 0 Å². The van der Waals surface area contributed by atoms with Crippen LogP contribution in [0.5, 0.6) is 5.75 Å². The van der Waals surface area contributed by atoms with Crippen molar-refractivity contribution >= 4 is 11.6 Å². The Hall–Kier alpha value is -0.770. The number of aliphatic hydroxyl groups is 1. The highest BCUT2D eigenvalue weighted by molar-refractivity contribution is 6.32. The van der Waals surface area contributed by atoms with Gasteiger partial charge in [0, 0.05) is 5.56 Å². The lowest BCUT2D eigenvalue weighted by Gasteiger charge is -2.15. The maximum Gasteiger partial charge on any atom is 0.138 e. The van der Waals surface area contributed by atoms with Crippen LogP contribution in [0.2, 0.25) is 5.02 Å². The number of aryl methyl sites for hydroxylation is 1. The first-order valence-corrected chi connectivity index (χ1v) is 5.20. The lowest BCUT2D eigenvalue weighted by molar-refractivity contribution is 0.170. The van der Waals surface area contributed by atoms with Gasteiger partial charge in [0.25, 0.3) is 0 Å². The molecule has 1 rings (SSSR count). The van der Waals surface area contributed by atoms with Gasteiger partial charge in [0.15, 0.2) is 0 Å². The number of hydrogen-bond acceptors (Lipinski definition) is 3. The summed E-state index contributed by atoms with van der Waals surface area (Å²) in [6.07, 6.45) is -0.136. The first-order chi connectivity index (χ1) is 7.10. The van der Waals surface area contributed by atoms with E-state index < -0.39 is 6.10 Å². The van der Waals surface area contributed by atoms with E-state index >= 15 is 0 Å². The van der Waals surface area contributed by atoms with Crippen LogP contribution in [-0.2, 0) is 0 Å². The molecule has 1 aromatic rings. The molecule has 0 saturated heterocycles. The third-order valence-electron chi connectivity index (χ3n) is 2.23. The van der Waals surface area contributed by atoms with Crippen LogP contribution in [0.15, 0.2) is 12.1 Å². The Bertz CT molecular complexity index is 342. The van der Waals surface area contributed by atoms with E-state index in [-0.39, 0.29) is 0 Å². The van der Waals surface area contributed by atoms with E-state index in [2.05, 4.69) is 0 Å². The van der Waals surface area contributed by atoms with Gasteiger partial charge in [0.05, 0.1) is 18.2 Å². The van der Waals surface area contributed by atoms with Crippen molar-refractivity contribution in [2.45, 2.75) is 19.4 Å². The van der Waals surface area contributed by atoms with Crippen molar-refractivity contribution in [3.05, 3.63) is 28.3 Å². The molecule has 3 nitrogen and oxygen atoms in total. The summed E-state index contributed by atoms with van der Waals surface area (Å²) in [5.41, 5.74) is 7.07. The third kappa shape index (κ3) is 2.84. The molecule has 0 radical (unpaired) electrons. The first kappa shape index (κ1) is 12.3. The molecule has 4 heteroatoms. The number of nitrogens with two attached hydrogens (primary N) is 1. The second-order valence-electron chi connectivity index (χ2n) is 3.46. The molecular weight excluding hydrogens is 214 g/mol. The van der Waals surface area contributed by atoms with Gasteiger partial charge in [0.2, 0.25) is 0 Å². The van der Waals surface area contributed by atoms with Gasteiger partial charge in [-0.05, 0) is 31.5 Å². The van der Waals surface area contributed by atoms with Crippen molar-refractivity contribution in [1.82, 2.24) is 0 Å². The quantitative estimate of drug-likeness (QED) is 0.831. The van der Waals surface area contributed by atoms with Gasteiger partial charge < -0.3 is 15.6 Å². The standard InChI is InChI=1S/C11H16ClNO2/c1-7-5-8(9(14)3-4-13)11(12)10(6-7)15-2/h5-6,9,14H,3-4,13H2,1-2H3. The number of rotatable bonds is 4. The second kappa shape index (κ2) is 5.35. The minimum Gasteiger partial charge on any atom is -0.495 e. The second-order valence-corrected chi connectivity index (χ2v) is 3.84. The fraction of sp³-hybridized carbons (Fsp3) is 0.455. The highest BCUT2D eigenvalue weighted by Crippen LogP contribution is 2.34. The number of methoxy groups -OCH3 is 1. The largest absolute Gasteiger partial charge is 0.495 e. The average molecular weight is 230 g/mol. The zero-order valence-corrected chi connectivity index (χ0v) is 9.71. The Morgan fingerprint density at radius 1 is 1.53 bits per heavy atom. The van der Waals surface area contributed by atoms with Gasteiger partial charge in [-0.1, -0.05) is 17.7 Å². The number of halogens is 1. The summed E-state index contributed by atoms with van der Waals surface area (Å²) in [5.74, 6) is 0.586. The Labute approximate surface area is 94.8 Å². The van der Waals surface area contributed by atoms with Crippen LogP contribution in [0.3, 0.4) is 0 Å². The molecule has 84 valence electrons. The van der Waals surface area contributed by atoms with E-state index in [1.807, 2.05) is 19.1 Å². The Morgan fingerprint density at radius 2 is 2.20 bits per heavy atom. The molecule has 0 amide bonds. The van der Waals surface area contributed by atoms with E-state index in [4.69, 9.17) is 22.1 Å². The van der Waals surface area contributed by atoms with E-state index in [9.17, 15) is 5.11 Å². The molecule has 0 fully saturated rings. The van der Waals surface area contributed by atoms with Crippen LogP contribution < -0.4 is 10.5 Å². The van der Waals surface area contributed by atoms with E-state index in [1.165, 1.54) is 0 Å². The Kier molecular flexibility index (Phi) is 4.39. The summed E-state index contributed by atoms with van der Waals surface area (Å²) in [5, 5.41) is 10.3. The topological polar surface area (TPSA) is 55.5 Å². The molecule has 0 saturated carbocycles. The number of aliphatic hydroxyl groups excluding tert-OH is 1. The molecule has 3 N–H and O–H groups in total. The monoisotopic (exact) mass is 229 g/mol. The smallest absolute Gasteiger partial charge is 0.138 e. The van der Waals surface area contributed by atoms with Gasteiger partial charge in [-0.3, -0.25) is 0 Å². The van der Waals surface area contributed by atoms with Crippen LogP contribution in [0.1, 0.15) is 23.7 Å². The first-order valence-electron chi connectivity index (χ1n) is 4.82. The van der Waals surface area contributed by atoms with Crippen molar-refractivity contribution in [2.24, 2.45) is 5.73 Å². The average Bonchev–Trinajstić information content (AvgIpc) is 2.21. The van der Waals surface area contributed by atoms with Gasteiger partial charge in [-0.15, -0.1) is 0 Å². The minimum atomic E-state index is -0.628. The fourth-order valence-corrected chi connectivity index (χ4v) is 1.78. The number of benzene rings is 1. The predicted molar refractivity (Wildman–Crippen MR) is 61.4 cm³/mol. The predicted octanol–water partition coefficient (Wildman–Crippen LogP) is 2.04. The van der Waals surface area contributed by atoms with E-state index in [0.717, 1.165) is 5.56 Å². The van der Waals surface area contributed by atoms with Crippen LogP contribution in [0.25, 0.3) is 0 Å². The summed E-state index contributed by atoms with van der Waals surface area (Å²) in [6.45, 7) is 2.35. The number of ether oxygens (including phenoxy) is 1. The van der Waals surface area contributed by atoms with Crippen LogP contribution in [0, 0.1) is 6.92 Å². The number of hydrogen-bond donors (Lipinski definition) is 2. The van der Waals surface area contributed by atoms with Gasteiger partial charge in [0.1, 0.15) is 5.75 Å². The maximum absolute atomic E-state index is 9.83. The molecule has 0 bridgehead atoms. The molecule has 1 atom stereocenters. The van der Waals surface area contributed by atoms with Crippen LogP contribution in [-0.4, -0.2) is 18.8 Å². The van der Waals surface area contributed by atoms with E-state index in [0.29, 0.717) is 29.3 Å². The zero-order valence-electron chi connectivity index (χ0n) is 8.96. The summed E-state index contributed by atoms with van der Waals surface area (Å²) in [4.78, 5) is 0. The zero-order chi connectivity index (χ0) is 11.4. The van der Waals surface area contributed by atoms with Crippen molar-refractivity contribution in [2.75, 3.05) is 13.7 Å². The highest BCUT2D eigenvalue weighted by atomic mass is 35.5.